The van der Waals surface area contributed by atoms with E-state index >= 15 is 0 Å². The van der Waals surface area contributed by atoms with E-state index in [1.807, 2.05) is 13.8 Å². The Kier molecular flexibility index (Phi) is 3.39. The van der Waals surface area contributed by atoms with Gasteiger partial charge in [-0.25, -0.2) is 0 Å². The maximum absolute atomic E-state index is 12.7. The smallest absolute Gasteiger partial charge is 0.304 e. The van der Waals surface area contributed by atoms with Crippen LogP contribution >= 0.6 is 0 Å². The molecule has 0 aliphatic carbocycles. The summed E-state index contributed by atoms with van der Waals surface area (Å²) in [5.41, 5.74) is -0.292. The predicted molar refractivity (Wildman–Crippen MR) is 85.4 cm³/mol. The fourth-order valence-corrected chi connectivity index (χ4v) is 2.60. The van der Waals surface area contributed by atoms with Crippen molar-refractivity contribution in [3.63, 3.8) is 0 Å². The van der Waals surface area contributed by atoms with Crippen molar-refractivity contribution in [1.29, 1.82) is 0 Å². The van der Waals surface area contributed by atoms with Crippen LogP contribution in [0, 0.1) is 0 Å². The molecule has 1 aromatic heterocycles. The van der Waals surface area contributed by atoms with Crippen LogP contribution in [0.25, 0.3) is 17.0 Å². The zero-order chi connectivity index (χ0) is 16.8. The van der Waals surface area contributed by atoms with Gasteiger partial charge in [-0.1, -0.05) is 6.07 Å². The summed E-state index contributed by atoms with van der Waals surface area (Å²) < 4.78 is 12.1. The molecule has 0 saturated carbocycles. The molecule has 1 aliphatic rings. The number of fused-ring (bicyclic) bond motifs is 3. The highest BCUT2D eigenvalue weighted by Gasteiger charge is 2.27. The van der Waals surface area contributed by atoms with Crippen molar-refractivity contribution in [3.05, 3.63) is 40.2 Å². The van der Waals surface area contributed by atoms with Crippen LogP contribution in [0.5, 0.6) is 11.5 Å². The number of hydrogen-bond acceptors (Lipinski definition) is 5. The SMILES string of the molecule is CC(=O)OCn1c(=O)c2c(c3cccc(O)c31)OC(C)(C)C=C2. The molecule has 23 heavy (non-hydrogen) atoms. The second kappa shape index (κ2) is 5.15. The molecule has 1 N–H and O–H groups in total. The third kappa shape index (κ3) is 2.56. The quantitative estimate of drug-likeness (QED) is 0.861. The first-order chi connectivity index (χ1) is 10.8. The first-order valence-electron chi connectivity index (χ1n) is 7.20. The van der Waals surface area contributed by atoms with Gasteiger partial charge < -0.3 is 14.6 Å². The Labute approximate surface area is 132 Å². The van der Waals surface area contributed by atoms with Crippen LogP contribution in [0.3, 0.4) is 0 Å². The van der Waals surface area contributed by atoms with Crippen LogP contribution in [0.1, 0.15) is 26.3 Å². The first kappa shape index (κ1) is 15.1. The predicted octanol–water partition coefficient (Wildman–Crippen LogP) is 2.41. The maximum atomic E-state index is 12.7. The molecule has 0 fully saturated rings. The Morgan fingerprint density at radius 1 is 1.39 bits per heavy atom. The molecule has 120 valence electrons. The minimum Gasteiger partial charge on any atom is -0.506 e. The summed E-state index contributed by atoms with van der Waals surface area (Å²) in [6, 6.07) is 4.91. The van der Waals surface area contributed by atoms with Gasteiger partial charge in [0.2, 0.25) is 0 Å². The summed E-state index contributed by atoms with van der Waals surface area (Å²) in [4.78, 5) is 23.8. The lowest BCUT2D eigenvalue weighted by Gasteiger charge is -2.29. The molecular formula is C17H17NO5. The van der Waals surface area contributed by atoms with Gasteiger partial charge in [0.15, 0.2) is 6.73 Å². The van der Waals surface area contributed by atoms with Crippen LogP contribution in [0.4, 0.5) is 0 Å². The number of para-hydroxylation sites is 1. The second-order valence-corrected chi connectivity index (χ2v) is 5.95. The van der Waals surface area contributed by atoms with Gasteiger partial charge in [-0.15, -0.1) is 0 Å². The number of phenolic OH excluding ortho intramolecular Hbond substituents is 1. The van der Waals surface area contributed by atoms with Crippen LogP contribution in [-0.4, -0.2) is 21.2 Å². The highest BCUT2D eigenvalue weighted by atomic mass is 16.5. The van der Waals surface area contributed by atoms with E-state index in [2.05, 4.69) is 0 Å². The number of carbonyl (C=O) groups excluding carboxylic acids is 1. The highest BCUT2D eigenvalue weighted by molar-refractivity contribution is 5.93. The lowest BCUT2D eigenvalue weighted by atomic mass is 10.0. The number of rotatable bonds is 2. The molecule has 0 bridgehead atoms. The van der Waals surface area contributed by atoms with Crippen molar-refractivity contribution in [3.8, 4) is 11.5 Å². The molecule has 6 heteroatoms. The van der Waals surface area contributed by atoms with Gasteiger partial charge in [-0.2, -0.15) is 0 Å². The van der Waals surface area contributed by atoms with E-state index in [0.717, 1.165) is 0 Å². The molecule has 1 aromatic carbocycles. The fraction of sp³-hybridized carbons (Fsp3) is 0.294. The number of ether oxygens (including phenoxy) is 2. The molecule has 0 amide bonds. The number of aromatic nitrogens is 1. The molecular weight excluding hydrogens is 298 g/mol. The zero-order valence-corrected chi connectivity index (χ0v) is 13.1. The van der Waals surface area contributed by atoms with E-state index in [4.69, 9.17) is 9.47 Å². The lowest BCUT2D eigenvalue weighted by molar-refractivity contribution is -0.144. The average Bonchev–Trinajstić information content (AvgIpc) is 2.46. The molecule has 0 radical (unpaired) electrons. The fourth-order valence-electron chi connectivity index (χ4n) is 2.60. The summed E-state index contributed by atoms with van der Waals surface area (Å²) in [5.74, 6) is -0.163. The van der Waals surface area contributed by atoms with Crippen molar-refractivity contribution in [2.45, 2.75) is 33.1 Å². The normalized spacial score (nSPS) is 15.1. The zero-order valence-electron chi connectivity index (χ0n) is 13.1. The molecule has 2 aromatic rings. The van der Waals surface area contributed by atoms with Crippen molar-refractivity contribution in [2.24, 2.45) is 0 Å². The standard InChI is InChI=1S/C17H17NO5/c1-10(19)22-9-18-14-11(5-4-6-13(14)20)15-12(16(18)21)7-8-17(2,3)23-15/h4-8,20H,9H2,1-3H3. The van der Waals surface area contributed by atoms with Crippen LogP contribution in [0.2, 0.25) is 0 Å². The number of esters is 1. The highest BCUT2D eigenvalue weighted by Crippen LogP contribution is 2.37. The van der Waals surface area contributed by atoms with Gasteiger partial charge in [0, 0.05) is 12.3 Å². The number of hydrogen-bond donors (Lipinski definition) is 1. The maximum Gasteiger partial charge on any atom is 0.304 e. The van der Waals surface area contributed by atoms with Gasteiger partial charge in [-0.05, 0) is 38.1 Å². The largest absolute Gasteiger partial charge is 0.506 e. The number of pyridine rings is 1. The summed E-state index contributed by atoms with van der Waals surface area (Å²) >= 11 is 0. The van der Waals surface area contributed by atoms with Crippen LogP contribution in [0.15, 0.2) is 29.1 Å². The van der Waals surface area contributed by atoms with E-state index in [0.29, 0.717) is 16.7 Å². The van der Waals surface area contributed by atoms with Gasteiger partial charge in [0.25, 0.3) is 5.56 Å². The topological polar surface area (TPSA) is 77.8 Å². The van der Waals surface area contributed by atoms with E-state index in [1.165, 1.54) is 17.6 Å². The monoisotopic (exact) mass is 315 g/mol. The molecule has 6 nitrogen and oxygen atoms in total. The Hall–Kier alpha value is -2.76. The molecule has 0 atom stereocenters. The molecule has 0 saturated heterocycles. The van der Waals surface area contributed by atoms with Gasteiger partial charge in [-0.3, -0.25) is 14.2 Å². The average molecular weight is 315 g/mol. The number of nitrogens with zero attached hydrogens (tertiary/aromatic N) is 1. The lowest BCUT2D eigenvalue weighted by Crippen LogP contribution is -2.32. The summed E-state index contributed by atoms with van der Waals surface area (Å²) in [7, 11) is 0. The van der Waals surface area contributed by atoms with Gasteiger partial charge in [0.05, 0.1) is 5.56 Å². The molecule has 0 spiro atoms. The Morgan fingerprint density at radius 2 is 2.13 bits per heavy atom. The third-order valence-electron chi connectivity index (χ3n) is 3.66. The van der Waals surface area contributed by atoms with Crippen molar-refractivity contribution in [2.75, 3.05) is 0 Å². The molecule has 0 unspecified atom stereocenters. The molecule has 1 aliphatic heterocycles. The molecule has 3 rings (SSSR count). The number of benzene rings is 1. The van der Waals surface area contributed by atoms with Crippen LogP contribution in [-0.2, 0) is 16.3 Å². The van der Waals surface area contributed by atoms with Crippen LogP contribution < -0.4 is 10.3 Å². The Bertz CT molecular complexity index is 892. The number of carbonyl (C=O) groups is 1. The molecule has 2 heterocycles. The first-order valence-corrected chi connectivity index (χ1v) is 7.20. The summed E-state index contributed by atoms with van der Waals surface area (Å²) in [6.45, 7) is 4.75. The number of phenols is 1. The number of aromatic hydroxyl groups is 1. The second-order valence-electron chi connectivity index (χ2n) is 5.95. The van der Waals surface area contributed by atoms with Crippen molar-refractivity contribution in [1.82, 2.24) is 4.57 Å². The minimum atomic E-state index is -0.556. The minimum absolute atomic E-state index is 0.0782. The van der Waals surface area contributed by atoms with E-state index < -0.39 is 11.6 Å². The van der Waals surface area contributed by atoms with Gasteiger partial charge >= 0.3 is 5.97 Å². The van der Waals surface area contributed by atoms with Gasteiger partial charge in [0.1, 0.15) is 22.6 Å². The van der Waals surface area contributed by atoms with E-state index in [1.54, 1.807) is 24.3 Å². The van der Waals surface area contributed by atoms with E-state index in [9.17, 15) is 14.7 Å². The van der Waals surface area contributed by atoms with E-state index in [-0.39, 0.29) is 23.6 Å². The summed E-state index contributed by atoms with van der Waals surface area (Å²) in [6.07, 6.45) is 3.50. The van der Waals surface area contributed by atoms with Crippen molar-refractivity contribution < 1.29 is 19.4 Å². The Morgan fingerprint density at radius 3 is 2.83 bits per heavy atom. The Balaban J connectivity index is 2.34. The summed E-state index contributed by atoms with van der Waals surface area (Å²) in [5, 5.41) is 10.8. The third-order valence-corrected chi connectivity index (χ3v) is 3.66. The van der Waals surface area contributed by atoms with Crippen molar-refractivity contribution >= 4 is 22.9 Å².